The average molecular weight is 174 g/mol. The van der Waals surface area contributed by atoms with Gasteiger partial charge in [0.05, 0.1) is 12.2 Å². The lowest BCUT2D eigenvalue weighted by Crippen LogP contribution is -2.30. The van der Waals surface area contributed by atoms with Crippen molar-refractivity contribution >= 4 is 0 Å². The molecule has 1 aliphatic carbocycles. The number of aliphatic hydroxyl groups is 3. The van der Waals surface area contributed by atoms with Crippen molar-refractivity contribution in [1.82, 2.24) is 0 Å². The molecule has 0 radical (unpaired) electrons. The lowest BCUT2D eigenvalue weighted by Gasteiger charge is -2.19. The average Bonchev–Trinajstić information content (AvgIpc) is 2.30. The number of hydrogen-bond donors (Lipinski definition) is 3. The van der Waals surface area contributed by atoms with Gasteiger partial charge in [-0.05, 0) is 18.3 Å². The highest BCUT2D eigenvalue weighted by molar-refractivity contribution is 4.91. The first-order valence-corrected chi connectivity index (χ1v) is 4.55. The third-order valence-electron chi connectivity index (χ3n) is 2.94. The molecule has 1 rings (SSSR count). The van der Waals surface area contributed by atoms with Crippen molar-refractivity contribution in [2.24, 2.45) is 17.8 Å². The summed E-state index contributed by atoms with van der Waals surface area (Å²) in [7, 11) is 0. The molecule has 1 aliphatic rings. The van der Waals surface area contributed by atoms with Gasteiger partial charge in [0.15, 0.2) is 0 Å². The molecule has 3 heteroatoms. The molecule has 0 aromatic rings. The molecule has 0 spiro atoms. The van der Waals surface area contributed by atoms with E-state index in [0.717, 1.165) is 6.42 Å². The van der Waals surface area contributed by atoms with E-state index in [-0.39, 0.29) is 18.4 Å². The van der Waals surface area contributed by atoms with Gasteiger partial charge in [-0.25, -0.2) is 0 Å². The molecular formula is C9H18O3. The zero-order chi connectivity index (χ0) is 9.30. The monoisotopic (exact) mass is 174 g/mol. The van der Waals surface area contributed by atoms with Crippen molar-refractivity contribution < 1.29 is 15.3 Å². The number of aliphatic hydroxyl groups excluding tert-OH is 3. The number of hydrogen-bond acceptors (Lipinski definition) is 3. The first-order valence-electron chi connectivity index (χ1n) is 4.55. The van der Waals surface area contributed by atoms with Crippen LogP contribution in [0.15, 0.2) is 0 Å². The third-order valence-corrected chi connectivity index (χ3v) is 2.94. The third kappa shape index (κ3) is 1.63. The molecule has 1 fully saturated rings. The molecule has 0 saturated heterocycles. The molecule has 0 aromatic carbocycles. The lowest BCUT2D eigenvalue weighted by atomic mass is 9.92. The molecule has 1 unspecified atom stereocenters. The molecule has 0 aromatic heterocycles. The smallest absolute Gasteiger partial charge is 0.0852 e. The van der Waals surface area contributed by atoms with Gasteiger partial charge in [-0.3, -0.25) is 0 Å². The van der Waals surface area contributed by atoms with E-state index in [4.69, 9.17) is 5.11 Å². The van der Waals surface area contributed by atoms with Crippen LogP contribution in [0, 0.1) is 17.8 Å². The van der Waals surface area contributed by atoms with Crippen LogP contribution in [0.3, 0.4) is 0 Å². The van der Waals surface area contributed by atoms with Gasteiger partial charge < -0.3 is 15.3 Å². The Balaban J connectivity index is 2.60. The Labute approximate surface area is 73.0 Å². The number of rotatable bonds is 2. The largest absolute Gasteiger partial charge is 0.396 e. The zero-order valence-corrected chi connectivity index (χ0v) is 7.64. The van der Waals surface area contributed by atoms with E-state index in [1.54, 1.807) is 0 Å². The van der Waals surface area contributed by atoms with Gasteiger partial charge >= 0.3 is 0 Å². The zero-order valence-electron chi connectivity index (χ0n) is 7.64. The minimum atomic E-state index is -0.734. The second-order valence-corrected chi connectivity index (χ2v) is 4.07. The van der Waals surface area contributed by atoms with Crippen molar-refractivity contribution in [3.05, 3.63) is 0 Å². The van der Waals surface area contributed by atoms with Gasteiger partial charge in [-0.15, -0.1) is 0 Å². The Morgan fingerprint density at radius 1 is 1.25 bits per heavy atom. The molecule has 1 saturated carbocycles. The Hall–Kier alpha value is -0.120. The van der Waals surface area contributed by atoms with Gasteiger partial charge in [0.2, 0.25) is 0 Å². The van der Waals surface area contributed by atoms with Gasteiger partial charge in [-0.2, -0.15) is 0 Å². The van der Waals surface area contributed by atoms with E-state index in [0.29, 0.717) is 5.92 Å². The summed E-state index contributed by atoms with van der Waals surface area (Å²) in [6.07, 6.45) is -0.652. The minimum absolute atomic E-state index is 0.0263. The molecule has 0 amide bonds. The maximum absolute atomic E-state index is 9.57. The van der Waals surface area contributed by atoms with Crippen molar-refractivity contribution in [2.45, 2.75) is 32.5 Å². The quantitative estimate of drug-likeness (QED) is 0.552. The highest BCUT2D eigenvalue weighted by Gasteiger charge is 2.41. The second kappa shape index (κ2) is 3.73. The summed E-state index contributed by atoms with van der Waals surface area (Å²) in [6.45, 7) is 4.03. The van der Waals surface area contributed by atoms with Crippen molar-refractivity contribution in [2.75, 3.05) is 6.61 Å². The fraction of sp³-hybridized carbons (Fsp3) is 1.00. The van der Waals surface area contributed by atoms with Crippen LogP contribution in [-0.2, 0) is 0 Å². The predicted octanol–water partition coefficient (Wildman–Crippen LogP) is -0.00740. The van der Waals surface area contributed by atoms with E-state index in [2.05, 4.69) is 0 Å². The van der Waals surface area contributed by atoms with E-state index < -0.39 is 12.2 Å². The predicted molar refractivity (Wildman–Crippen MR) is 45.5 cm³/mol. The van der Waals surface area contributed by atoms with E-state index in [1.807, 2.05) is 13.8 Å². The first-order chi connectivity index (χ1) is 5.57. The molecule has 4 atom stereocenters. The maximum Gasteiger partial charge on any atom is 0.0852 e. The summed E-state index contributed by atoms with van der Waals surface area (Å²) < 4.78 is 0. The van der Waals surface area contributed by atoms with Gasteiger partial charge in [0.25, 0.3) is 0 Å². The molecule has 12 heavy (non-hydrogen) atoms. The van der Waals surface area contributed by atoms with Crippen LogP contribution in [0.1, 0.15) is 20.3 Å². The SMILES string of the molecule is CC(C)C1C[C@H](CO)[C@@H](O)[C@H]1O. The van der Waals surface area contributed by atoms with E-state index in [1.165, 1.54) is 0 Å². The summed E-state index contributed by atoms with van der Waals surface area (Å²) in [4.78, 5) is 0. The highest BCUT2D eigenvalue weighted by atomic mass is 16.3. The Kier molecular flexibility index (Phi) is 3.09. The standard InChI is InChI=1S/C9H18O3/c1-5(2)7-3-6(4-10)8(11)9(7)12/h5-12H,3-4H2,1-2H3/t6-,7?,8-,9+/m1/s1. The Bertz CT molecular complexity index is 147. The summed E-state index contributed by atoms with van der Waals surface area (Å²) in [5, 5.41) is 27.9. The molecule has 0 heterocycles. The maximum atomic E-state index is 9.57. The fourth-order valence-electron chi connectivity index (χ4n) is 2.01. The molecule has 0 bridgehead atoms. The molecule has 3 N–H and O–H groups in total. The summed E-state index contributed by atoms with van der Waals surface area (Å²) in [6, 6.07) is 0. The van der Waals surface area contributed by atoms with Crippen LogP contribution in [0.4, 0.5) is 0 Å². The van der Waals surface area contributed by atoms with Crippen molar-refractivity contribution in [3.63, 3.8) is 0 Å². The van der Waals surface area contributed by atoms with Crippen LogP contribution in [0.5, 0.6) is 0 Å². The highest BCUT2D eigenvalue weighted by Crippen LogP contribution is 2.35. The van der Waals surface area contributed by atoms with Crippen LogP contribution >= 0.6 is 0 Å². The van der Waals surface area contributed by atoms with E-state index in [9.17, 15) is 10.2 Å². The first kappa shape index (κ1) is 9.96. The molecular weight excluding hydrogens is 156 g/mol. The molecule has 72 valence electrons. The Morgan fingerprint density at radius 3 is 2.08 bits per heavy atom. The van der Waals surface area contributed by atoms with Crippen LogP contribution in [0.2, 0.25) is 0 Å². The van der Waals surface area contributed by atoms with Gasteiger partial charge in [0.1, 0.15) is 0 Å². The molecule has 0 aliphatic heterocycles. The summed E-state index contributed by atoms with van der Waals surface area (Å²) >= 11 is 0. The van der Waals surface area contributed by atoms with Crippen LogP contribution < -0.4 is 0 Å². The van der Waals surface area contributed by atoms with Gasteiger partial charge in [-0.1, -0.05) is 13.8 Å². The molecule has 3 nitrogen and oxygen atoms in total. The van der Waals surface area contributed by atoms with Crippen LogP contribution in [0.25, 0.3) is 0 Å². The fourth-order valence-corrected chi connectivity index (χ4v) is 2.01. The van der Waals surface area contributed by atoms with Crippen LogP contribution in [-0.4, -0.2) is 34.1 Å². The topological polar surface area (TPSA) is 60.7 Å². The minimum Gasteiger partial charge on any atom is -0.396 e. The second-order valence-electron chi connectivity index (χ2n) is 4.07. The van der Waals surface area contributed by atoms with E-state index >= 15 is 0 Å². The van der Waals surface area contributed by atoms with Gasteiger partial charge in [0, 0.05) is 12.5 Å². The van der Waals surface area contributed by atoms with Crippen molar-refractivity contribution in [1.29, 1.82) is 0 Å². The lowest BCUT2D eigenvalue weighted by molar-refractivity contribution is -0.0120. The van der Waals surface area contributed by atoms with Crippen molar-refractivity contribution in [3.8, 4) is 0 Å². The Morgan fingerprint density at radius 2 is 1.83 bits per heavy atom. The normalized spacial score (nSPS) is 42.5. The summed E-state index contributed by atoms with van der Waals surface area (Å²) in [5.74, 6) is 0.371. The summed E-state index contributed by atoms with van der Waals surface area (Å²) in [5.41, 5.74) is 0.